The van der Waals surface area contributed by atoms with Gasteiger partial charge in [0.2, 0.25) is 0 Å². The average molecular weight is 239 g/mol. The van der Waals surface area contributed by atoms with Gasteiger partial charge in [0.25, 0.3) is 0 Å². The Morgan fingerprint density at radius 1 is 0.882 bits per heavy atom. The van der Waals surface area contributed by atoms with Crippen molar-refractivity contribution < 1.29 is 0 Å². The van der Waals surface area contributed by atoms with Gasteiger partial charge in [0, 0.05) is 0 Å². The van der Waals surface area contributed by atoms with E-state index < -0.39 is 0 Å². The molecule has 0 heterocycles. The maximum atomic E-state index is 2.55. The van der Waals surface area contributed by atoms with Gasteiger partial charge in [0.15, 0.2) is 0 Å². The Bertz CT molecular complexity index is 155. The molecule has 17 heavy (non-hydrogen) atoms. The molecule has 103 valence electrons. The molecule has 0 unspecified atom stereocenters. The molecule has 0 fully saturated rings. The van der Waals surface area contributed by atoms with E-state index >= 15 is 0 Å². The van der Waals surface area contributed by atoms with E-state index in [1.54, 1.807) is 0 Å². The Hall–Kier alpha value is 0. The number of unbranched alkanes of at least 4 members (excludes halogenated alkanes) is 7. The highest BCUT2D eigenvalue weighted by Crippen LogP contribution is 2.30. The van der Waals surface area contributed by atoms with Crippen molar-refractivity contribution in [3.05, 3.63) is 6.42 Å². The molecule has 0 bridgehead atoms. The van der Waals surface area contributed by atoms with Crippen LogP contribution in [-0.4, -0.2) is 0 Å². The Kier molecular flexibility index (Phi) is 9.97. The highest BCUT2D eigenvalue weighted by Gasteiger charge is 2.18. The van der Waals surface area contributed by atoms with E-state index in [-0.39, 0.29) is 0 Å². The van der Waals surface area contributed by atoms with Crippen LogP contribution >= 0.6 is 0 Å². The molecule has 0 spiro atoms. The van der Waals surface area contributed by atoms with Gasteiger partial charge in [-0.2, -0.15) is 0 Å². The highest BCUT2D eigenvalue weighted by atomic mass is 14.2. The maximum Gasteiger partial charge on any atom is -0.0321 e. The Labute approximate surface area is 111 Å². The van der Waals surface area contributed by atoms with Crippen molar-refractivity contribution in [2.45, 2.75) is 92.4 Å². The van der Waals surface area contributed by atoms with Gasteiger partial charge in [0.05, 0.1) is 0 Å². The van der Waals surface area contributed by atoms with Crippen LogP contribution in [0.2, 0.25) is 0 Å². The van der Waals surface area contributed by atoms with E-state index in [4.69, 9.17) is 0 Å². The first-order chi connectivity index (χ1) is 7.98. The summed E-state index contributed by atoms with van der Waals surface area (Å²) in [5.41, 5.74) is 0.441. The minimum Gasteiger partial charge on any atom is -0.0654 e. The summed E-state index contributed by atoms with van der Waals surface area (Å²) in [6.45, 7) is 11.7. The molecule has 0 amide bonds. The third kappa shape index (κ3) is 12.2. The molecule has 0 aliphatic carbocycles. The lowest BCUT2D eigenvalue weighted by molar-refractivity contribution is 0.326. The smallest absolute Gasteiger partial charge is 0.0321 e. The summed E-state index contributed by atoms with van der Waals surface area (Å²) in [5.74, 6) is 0.815. The topological polar surface area (TPSA) is 0 Å². The van der Waals surface area contributed by atoms with Crippen LogP contribution in [0.15, 0.2) is 0 Å². The molecular formula is C17H35. The average Bonchev–Trinajstić information content (AvgIpc) is 2.20. The molecule has 0 saturated heterocycles. The fourth-order valence-electron chi connectivity index (χ4n) is 2.73. The summed E-state index contributed by atoms with van der Waals surface area (Å²) in [6, 6.07) is 0. The zero-order chi connectivity index (χ0) is 13.1. The Morgan fingerprint density at radius 2 is 1.41 bits per heavy atom. The minimum atomic E-state index is 0.441. The van der Waals surface area contributed by atoms with Gasteiger partial charge in [-0.15, -0.1) is 0 Å². The fourth-order valence-corrected chi connectivity index (χ4v) is 2.73. The van der Waals surface area contributed by atoms with Crippen LogP contribution in [0.3, 0.4) is 0 Å². The van der Waals surface area contributed by atoms with Crippen molar-refractivity contribution in [2.75, 3.05) is 0 Å². The Balaban J connectivity index is 3.32. The van der Waals surface area contributed by atoms with E-state index in [0.717, 1.165) is 5.92 Å². The van der Waals surface area contributed by atoms with E-state index in [9.17, 15) is 0 Å². The van der Waals surface area contributed by atoms with E-state index in [1.165, 1.54) is 57.8 Å². The minimum absolute atomic E-state index is 0.441. The summed E-state index contributed by atoms with van der Waals surface area (Å²) in [7, 11) is 0. The lowest BCUT2D eigenvalue weighted by atomic mass is 9.79. The molecule has 0 atom stereocenters. The lowest BCUT2D eigenvalue weighted by Gasteiger charge is -2.26. The number of rotatable bonds is 11. The van der Waals surface area contributed by atoms with Crippen LogP contribution in [0.5, 0.6) is 0 Å². The van der Waals surface area contributed by atoms with Crippen LogP contribution < -0.4 is 0 Å². The zero-order valence-electron chi connectivity index (χ0n) is 13.0. The zero-order valence-corrected chi connectivity index (χ0v) is 13.0. The Morgan fingerprint density at radius 3 is 1.94 bits per heavy atom. The molecule has 0 heteroatoms. The SMILES string of the molecule is CCCCCCCCC[CH]C(C)(C)CC(C)C. The van der Waals surface area contributed by atoms with Crippen molar-refractivity contribution in [1.82, 2.24) is 0 Å². The summed E-state index contributed by atoms with van der Waals surface area (Å²) < 4.78 is 0. The van der Waals surface area contributed by atoms with Crippen molar-refractivity contribution in [1.29, 1.82) is 0 Å². The van der Waals surface area contributed by atoms with Gasteiger partial charge in [-0.25, -0.2) is 0 Å². The molecular weight excluding hydrogens is 204 g/mol. The number of hydrogen-bond acceptors (Lipinski definition) is 0. The standard InChI is InChI=1S/C17H35/c1-6-7-8-9-10-11-12-13-14-17(4,5)15-16(2)3/h14,16H,6-13,15H2,1-5H3. The fraction of sp³-hybridized carbons (Fsp3) is 0.941. The van der Waals surface area contributed by atoms with E-state index in [2.05, 4.69) is 41.0 Å². The van der Waals surface area contributed by atoms with Crippen molar-refractivity contribution >= 4 is 0 Å². The third-order valence-electron chi connectivity index (χ3n) is 3.44. The molecule has 0 nitrogen and oxygen atoms in total. The second-order valence-corrected chi connectivity index (χ2v) is 6.70. The van der Waals surface area contributed by atoms with Gasteiger partial charge in [0.1, 0.15) is 0 Å². The lowest BCUT2D eigenvalue weighted by Crippen LogP contribution is -2.15. The molecule has 0 aliphatic heterocycles. The largest absolute Gasteiger partial charge is 0.0654 e. The van der Waals surface area contributed by atoms with Gasteiger partial charge >= 0.3 is 0 Å². The molecule has 0 aromatic carbocycles. The molecule has 0 aliphatic rings. The van der Waals surface area contributed by atoms with Crippen LogP contribution in [0.25, 0.3) is 0 Å². The molecule has 0 N–H and O–H groups in total. The molecule has 0 saturated carbocycles. The van der Waals surface area contributed by atoms with Crippen LogP contribution in [0.4, 0.5) is 0 Å². The van der Waals surface area contributed by atoms with Crippen LogP contribution in [0.1, 0.15) is 92.4 Å². The summed E-state index contributed by atoms with van der Waals surface area (Å²) in [4.78, 5) is 0. The first-order valence-electron chi connectivity index (χ1n) is 7.82. The van der Waals surface area contributed by atoms with Gasteiger partial charge in [-0.05, 0) is 30.6 Å². The monoisotopic (exact) mass is 239 g/mol. The molecule has 0 rings (SSSR count). The van der Waals surface area contributed by atoms with E-state index in [0.29, 0.717) is 5.41 Å². The molecule has 1 radical (unpaired) electrons. The summed E-state index contributed by atoms with van der Waals surface area (Å²) >= 11 is 0. The first-order valence-corrected chi connectivity index (χ1v) is 7.82. The second-order valence-electron chi connectivity index (χ2n) is 6.70. The maximum absolute atomic E-state index is 2.55. The normalized spacial score (nSPS) is 12.4. The van der Waals surface area contributed by atoms with Crippen LogP contribution in [0, 0.1) is 17.8 Å². The quantitative estimate of drug-likeness (QED) is 0.366. The van der Waals surface area contributed by atoms with Crippen molar-refractivity contribution in [3.8, 4) is 0 Å². The predicted octanol–water partition coefficient (Wildman–Crippen LogP) is 6.40. The summed E-state index contributed by atoms with van der Waals surface area (Å²) in [5, 5.41) is 0. The van der Waals surface area contributed by atoms with Gasteiger partial charge in [-0.1, -0.05) is 79.6 Å². The number of hydrogen-bond donors (Lipinski definition) is 0. The molecule has 0 aromatic heterocycles. The van der Waals surface area contributed by atoms with Gasteiger partial charge < -0.3 is 0 Å². The predicted molar refractivity (Wildman–Crippen MR) is 80.1 cm³/mol. The third-order valence-corrected chi connectivity index (χ3v) is 3.44. The highest BCUT2D eigenvalue weighted by molar-refractivity contribution is 4.85. The van der Waals surface area contributed by atoms with Crippen LogP contribution in [-0.2, 0) is 0 Å². The molecule has 0 aromatic rings. The first kappa shape index (κ1) is 17.0. The summed E-state index contributed by atoms with van der Waals surface area (Å²) in [6.07, 6.45) is 15.1. The van der Waals surface area contributed by atoms with E-state index in [1.807, 2.05) is 0 Å². The second kappa shape index (κ2) is 9.97. The van der Waals surface area contributed by atoms with Crippen molar-refractivity contribution in [3.63, 3.8) is 0 Å². The van der Waals surface area contributed by atoms with Gasteiger partial charge in [-0.3, -0.25) is 0 Å². The van der Waals surface area contributed by atoms with Crippen molar-refractivity contribution in [2.24, 2.45) is 11.3 Å².